The summed E-state index contributed by atoms with van der Waals surface area (Å²) in [5.41, 5.74) is 0. The van der Waals surface area contributed by atoms with Crippen molar-refractivity contribution in [2.75, 3.05) is 0 Å². The molecule has 0 rings (SSSR count). The Hall–Kier alpha value is -0.170. The molecule has 0 bridgehead atoms. The van der Waals surface area contributed by atoms with Crippen LogP contribution in [0.1, 0.15) is 206 Å². The molecule has 0 nitrogen and oxygen atoms in total. The molecule has 0 N–H and O–H groups in total. The van der Waals surface area contributed by atoms with Gasteiger partial charge in [-0.05, 0) is 36.5 Å². The fourth-order valence-corrected chi connectivity index (χ4v) is 5.79. The molecule has 0 saturated carbocycles. The van der Waals surface area contributed by atoms with E-state index in [1.807, 2.05) is 11.8 Å². The number of unbranched alkanes of at least 4 members (excludes halogenated alkanes) is 28. The molecule has 1 heteroatoms. The molecule has 0 aromatic heterocycles. The Bertz CT molecular complexity index is 398. The maximum atomic E-state index is 2.38. The van der Waals surface area contributed by atoms with Gasteiger partial charge in [0.1, 0.15) is 0 Å². The molecule has 0 spiro atoms. The third-order valence-corrected chi connectivity index (χ3v) is 8.50. The summed E-state index contributed by atoms with van der Waals surface area (Å²) in [5, 5.41) is 4.59. The SMILES string of the molecule is CCCCCCCCCCCCCCCCC=CSC=CCCCCCCCCCCCCCCCC. The first-order valence-corrected chi connectivity index (χ1v) is 18.3. The predicted molar refractivity (Wildman–Crippen MR) is 176 cm³/mol. The maximum Gasteiger partial charge on any atom is -0.0288 e. The van der Waals surface area contributed by atoms with Crippen molar-refractivity contribution in [1.29, 1.82) is 0 Å². The zero-order chi connectivity index (χ0) is 26.7. The van der Waals surface area contributed by atoms with E-state index in [0.29, 0.717) is 0 Å². The number of hydrogen-bond acceptors (Lipinski definition) is 1. The van der Waals surface area contributed by atoms with Crippen LogP contribution in [0.4, 0.5) is 0 Å². The molecule has 0 fully saturated rings. The highest BCUT2D eigenvalue weighted by Crippen LogP contribution is 2.15. The molecule has 0 heterocycles. The van der Waals surface area contributed by atoms with Crippen LogP contribution in [0.3, 0.4) is 0 Å². The summed E-state index contributed by atoms with van der Waals surface area (Å²) in [6.07, 6.45) is 47.8. The molecule has 0 aromatic rings. The van der Waals surface area contributed by atoms with E-state index in [-0.39, 0.29) is 0 Å². The van der Waals surface area contributed by atoms with Crippen LogP contribution in [0.15, 0.2) is 23.0 Å². The van der Waals surface area contributed by atoms with Gasteiger partial charge >= 0.3 is 0 Å². The van der Waals surface area contributed by atoms with Gasteiger partial charge in [-0.2, -0.15) is 0 Å². The molecule has 0 atom stereocenters. The summed E-state index contributed by atoms with van der Waals surface area (Å²) >= 11 is 1.87. The summed E-state index contributed by atoms with van der Waals surface area (Å²) in [4.78, 5) is 0. The van der Waals surface area contributed by atoms with Crippen molar-refractivity contribution in [1.82, 2.24) is 0 Å². The highest BCUT2D eigenvalue weighted by molar-refractivity contribution is 8.04. The molecule has 0 unspecified atom stereocenters. The number of hydrogen-bond donors (Lipinski definition) is 0. The maximum absolute atomic E-state index is 2.38. The van der Waals surface area contributed by atoms with E-state index in [2.05, 4.69) is 36.8 Å². The topological polar surface area (TPSA) is 0 Å². The average Bonchev–Trinajstić information content (AvgIpc) is 2.91. The molecule has 0 aliphatic rings. The minimum atomic E-state index is 1.26. The lowest BCUT2D eigenvalue weighted by Gasteiger charge is -2.02. The standard InChI is InChI=1S/C36H70S/c1-3-5-7-9-11-13-15-17-19-21-23-25-27-29-31-33-35-37-36-34-32-30-28-26-24-22-20-18-16-14-12-10-8-6-4-2/h33-36H,3-32H2,1-2H3. The summed E-state index contributed by atoms with van der Waals surface area (Å²) in [6.45, 7) is 4.60. The molecular weight excluding hydrogens is 464 g/mol. The van der Waals surface area contributed by atoms with Gasteiger partial charge in [0.2, 0.25) is 0 Å². The van der Waals surface area contributed by atoms with Crippen LogP contribution in [0.5, 0.6) is 0 Å². The van der Waals surface area contributed by atoms with Crippen molar-refractivity contribution in [2.24, 2.45) is 0 Å². The molecule has 0 saturated heterocycles. The van der Waals surface area contributed by atoms with Crippen LogP contribution < -0.4 is 0 Å². The van der Waals surface area contributed by atoms with Gasteiger partial charge in [0.15, 0.2) is 0 Å². The Morgan fingerprint density at radius 2 is 0.514 bits per heavy atom. The summed E-state index contributed by atoms with van der Waals surface area (Å²) < 4.78 is 0. The quantitative estimate of drug-likeness (QED) is 0.0773. The van der Waals surface area contributed by atoms with Crippen LogP contribution in [-0.2, 0) is 0 Å². The van der Waals surface area contributed by atoms with Gasteiger partial charge in [0.25, 0.3) is 0 Å². The van der Waals surface area contributed by atoms with Crippen molar-refractivity contribution in [3.8, 4) is 0 Å². The fourth-order valence-electron chi connectivity index (χ4n) is 5.21. The van der Waals surface area contributed by atoms with Crippen molar-refractivity contribution in [2.45, 2.75) is 206 Å². The van der Waals surface area contributed by atoms with E-state index in [1.54, 1.807) is 0 Å². The molecule has 0 aliphatic heterocycles. The van der Waals surface area contributed by atoms with Gasteiger partial charge in [-0.3, -0.25) is 0 Å². The third-order valence-electron chi connectivity index (χ3n) is 7.80. The molecule has 37 heavy (non-hydrogen) atoms. The second-order valence-electron chi connectivity index (χ2n) is 11.6. The van der Waals surface area contributed by atoms with E-state index in [4.69, 9.17) is 0 Å². The summed E-state index contributed by atoms with van der Waals surface area (Å²) in [7, 11) is 0. The van der Waals surface area contributed by atoms with E-state index in [0.717, 1.165) is 0 Å². The Kier molecular flexibility index (Phi) is 35.7. The second-order valence-corrected chi connectivity index (χ2v) is 12.5. The van der Waals surface area contributed by atoms with Crippen LogP contribution in [-0.4, -0.2) is 0 Å². The van der Waals surface area contributed by atoms with Gasteiger partial charge in [-0.15, -0.1) is 11.8 Å². The number of allylic oxidation sites excluding steroid dienone is 2. The zero-order valence-corrected chi connectivity index (χ0v) is 26.7. The average molecular weight is 535 g/mol. The van der Waals surface area contributed by atoms with Crippen LogP contribution >= 0.6 is 11.8 Å². The predicted octanol–water partition coefficient (Wildman–Crippen LogP) is 14.5. The van der Waals surface area contributed by atoms with E-state index in [9.17, 15) is 0 Å². The smallest absolute Gasteiger partial charge is 0.0288 e. The van der Waals surface area contributed by atoms with Crippen LogP contribution in [0.25, 0.3) is 0 Å². The molecule has 0 aliphatic carbocycles. The minimum Gasteiger partial charge on any atom is -0.107 e. The van der Waals surface area contributed by atoms with Crippen LogP contribution in [0.2, 0.25) is 0 Å². The van der Waals surface area contributed by atoms with Crippen LogP contribution in [0, 0.1) is 0 Å². The van der Waals surface area contributed by atoms with Crippen molar-refractivity contribution in [3.63, 3.8) is 0 Å². The van der Waals surface area contributed by atoms with Crippen molar-refractivity contribution < 1.29 is 0 Å². The fraction of sp³-hybridized carbons (Fsp3) is 0.889. The summed E-state index contributed by atoms with van der Waals surface area (Å²) in [6, 6.07) is 0. The van der Waals surface area contributed by atoms with Crippen molar-refractivity contribution >= 4 is 11.8 Å². The lowest BCUT2D eigenvalue weighted by Crippen LogP contribution is -1.83. The first-order valence-electron chi connectivity index (χ1n) is 17.4. The molecule has 0 radical (unpaired) electrons. The molecular formula is C36H70S. The van der Waals surface area contributed by atoms with Crippen molar-refractivity contribution in [3.05, 3.63) is 23.0 Å². The Balaban J connectivity index is 3.14. The van der Waals surface area contributed by atoms with Gasteiger partial charge in [-0.25, -0.2) is 0 Å². The lowest BCUT2D eigenvalue weighted by molar-refractivity contribution is 0.536. The first kappa shape index (κ1) is 36.8. The third kappa shape index (κ3) is 35.8. The van der Waals surface area contributed by atoms with Gasteiger partial charge in [0.05, 0.1) is 0 Å². The van der Waals surface area contributed by atoms with E-state index < -0.39 is 0 Å². The second kappa shape index (κ2) is 35.8. The van der Waals surface area contributed by atoms with E-state index >= 15 is 0 Å². The van der Waals surface area contributed by atoms with E-state index in [1.165, 1.54) is 193 Å². The normalized spacial score (nSPS) is 11.9. The first-order chi connectivity index (χ1) is 18.4. The highest BCUT2D eigenvalue weighted by Gasteiger charge is 1.95. The molecule has 0 aromatic carbocycles. The largest absolute Gasteiger partial charge is 0.107 e. The highest BCUT2D eigenvalue weighted by atomic mass is 32.2. The zero-order valence-electron chi connectivity index (χ0n) is 25.9. The monoisotopic (exact) mass is 535 g/mol. The molecule has 220 valence electrons. The lowest BCUT2D eigenvalue weighted by atomic mass is 10.0. The minimum absolute atomic E-state index is 1.26. The molecule has 0 amide bonds. The Morgan fingerprint density at radius 3 is 0.757 bits per heavy atom. The number of rotatable bonds is 32. The van der Waals surface area contributed by atoms with Gasteiger partial charge < -0.3 is 0 Å². The Morgan fingerprint density at radius 1 is 0.297 bits per heavy atom. The Labute approximate surface area is 240 Å². The van der Waals surface area contributed by atoms with Gasteiger partial charge in [-0.1, -0.05) is 193 Å². The number of thioether (sulfide) groups is 1. The summed E-state index contributed by atoms with van der Waals surface area (Å²) in [5.74, 6) is 0. The van der Waals surface area contributed by atoms with Gasteiger partial charge in [0, 0.05) is 0 Å².